The summed E-state index contributed by atoms with van der Waals surface area (Å²) >= 11 is 0. The van der Waals surface area contributed by atoms with Crippen LogP contribution in [0.3, 0.4) is 0 Å². The zero-order valence-electron chi connectivity index (χ0n) is 15.6. The summed E-state index contributed by atoms with van der Waals surface area (Å²) < 4.78 is 13.1. The van der Waals surface area contributed by atoms with Gasteiger partial charge in [0, 0.05) is 28.4 Å². The molecule has 1 N–H and O–H groups in total. The van der Waals surface area contributed by atoms with Gasteiger partial charge in [-0.3, -0.25) is 14.6 Å². The second-order valence-corrected chi connectivity index (χ2v) is 6.73. The van der Waals surface area contributed by atoms with Crippen LogP contribution in [0.1, 0.15) is 26.3 Å². The fourth-order valence-corrected chi connectivity index (χ4v) is 3.22. The number of carbonyl (C=O) groups excluding carboxylic acids is 2. The van der Waals surface area contributed by atoms with E-state index in [1.165, 1.54) is 18.3 Å². The number of rotatable bonds is 4. The topological polar surface area (TPSA) is 59.1 Å². The van der Waals surface area contributed by atoms with Gasteiger partial charge in [0.05, 0.1) is 5.52 Å². The van der Waals surface area contributed by atoms with Crippen molar-refractivity contribution in [3.05, 3.63) is 95.4 Å². The number of nitrogens with one attached hydrogen (secondary N) is 1. The van der Waals surface area contributed by atoms with Crippen molar-refractivity contribution in [1.82, 2.24) is 4.98 Å². The minimum absolute atomic E-state index is 0.234. The monoisotopic (exact) mass is 384 g/mol. The van der Waals surface area contributed by atoms with E-state index in [2.05, 4.69) is 10.3 Å². The Labute approximate surface area is 167 Å². The first-order chi connectivity index (χ1) is 14.0. The zero-order valence-corrected chi connectivity index (χ0v) is 15.6. The normalized spacial score (nSPS) is 10.7. The maximum Gasteiger partial charge on any atom is 0.255 e. The van der Waals surface area contributed by atoms with Crippen molar-refractivity contribution in [1.29, 1.82) is 0 Å². The van der Waals surface area contributed by atoms with Crippen LogP contribution in [0, 0.1) is 12.7 Å². The lowest BCUT2D eigenvalue weighted by Crippen LogP contribution is -2.12. The summed E-state index contributed by atoms with van der Waals surface area (Å²) in [6, 6.07) is 18.7. The van der Waals surface area contributed by atoms with Crippen molar-refractivity contribution >= 4 is 28.8 Å². The fraction of sp³-hybridized carbons (Fsp3) is 0.0417. The molecule has 4 aromatic rings. The van der Waals surface area contributed by atoms with E-state index in [4.69, 9.17) is 0 Å². The number of aromatic nitrogens is 1. The molecule has 0 bridgehead atoms. The number of nitrogens with zero attached hydrogens (tertiary/aromatic N) is 1. The number of hydrogen-bond acceptors (Lipinski definition) is 3. The van der Waals surface area contributed by atoms with E-state index >= 15 is 0 Å². The predicted molar refractivity (Wildman–Crippen MR) is 112 cm³/mol. The summed E-state index contributed by atoms with van der Waals surface area (Å²) in [5, 5.41) is 3.76. The number of anilines is 1. The third-order valence-electron chi connectivity index (χ3n) is 4.84. The van der Waals surface area contributed by atoms with Crippen molar-refractivity contribution in [2.75, 3.05) is 5.32 Å². The van der Waals surface area contributed by atoms with Gasteiger partial charge >= 0.3 is 0 Å². The molecule has 0 unspecified atom stereocenters. The minimum Gasteiger partial charge on any atom is -0.322 e. The molecule has 4 nitrogen and oxygen atoms in total. The van der Waals surface area contributed by atoms with Gasteiger partial charge in [-0.15, -0.1) is 0 Å². The van der Waals surface area contributed by atoms with Crippen LogP contribution in [0.25, 0.3) is 22.0 Å². The molecular weight excluding hydrogens is 367 g/mol. The molecular formula is C24H17FN2O2. The molecule has 0 atom stereocenters. The van der Waals surface area contributed by atoms with Gasteiger partial charge < -0.3 is 5.32 Å². The van der Waals surface area contributed by atoms with Crippen LogP contribution in [0.15, 0.2) is 72.9 Å². The Morgan fingerprint density at radius 2 is 1.62 bits per heavy atom. The maximum atomic E-state index is 13.1. The molecule has 1 heterocycles. The number of hydrogen-bond donors (Lipinski definition) is 1. The van der Waals surface area contributed by atoms with E-state index < -0.39 is 0 Å². The minimum atomic E-state index is -0.285. The molecule has 1 amide bonds. The number of halogens is 1. The average molecular weight is 384 g/mol. The Balaban J connectivity index is 1.56. The Hall–Kier alpha value is -3.86. The van der Waals surface area contributed by atoms with Crippen LogP contribution in [0.5, 0.6) is 0 Å². The highest BCUT2D eigenvalue weighted by atomic mass is 19.1. The number of fused-ring (bicyclic) bond motifs is 1. The van der Waals surface area contributed by atoms with Gasteiger partial charge in [0.25, 0.3) is 5.91 Å². The van der Waals surface area contributed by atoms with Gasteiger partial charge in [-0.25, -0.2) is 4.39 Å². The summed E-state index contributed by atoms with van der Waals surface area (Å²) in [5.74, 6) is -0.519. The van der Waals surface area contributed by atoms with E-state index in [1.807, 2.05) is 25.1 Å². The summed E-state index contributed by atoms with van der Waals surface area (Å²) in [4.78, 5) is 27.9. The molecule has 142 valence electrons. The standard InChI is InChI=1S/C24H17FN2O2/c1-15-22(11-8-20-12-16(14-28)13-26-23(15)20)27-24(29)19-4-2-17(3-5-19)18-6-9-21(25)10-7-18/h2-14H,1H3,(H,27,29). The lowest BCUT2D eigenvalue weighted by Gasteiger charge is -2.11. The largest absolute Gasteiger partial charge is 0.322 e. The summed E-state index contributed by atoms with van der Waals surface area (Å²) in [7, 11) is 0. The quantitative estimate of drug-likeness (QED) is 0.478. The third kappa shape index (κ3) is 3.75. The first kappa shape index (κ1) is 18.5. The van der Waals surface area contributed by atoms with E-state index in [0.717, 1.165) is 33.9 Å². The lowest BCUT2D eigenvalue weighted by atomic mass is 10.0. The maximum absolute atomic E-state index is 13.1. The molecule has 0 aliphatic rings. The number of amides is 1. The van der Waals surface area contributed by atoms with Crippen molar-refractivity contribution in [2.45, 2.75) is 6.92 Å². The van der Waals surface area contributed by atoms with Crippen LogP contribution in [0.2, 0.25) is 0 Å². The molecule has 0 aliphatic carbocycles. The van der Waals surface area contributed by atoms with Crippen LogP contribution in [0.4, 0.5) is 10.1 Å². The predicted octanol–water partition coefficient (Wildman–Crippen LogP) is 5.41. The number of carbonyl (C=O) groups is 2. The highest BCUT2D eigenvalue weighted by Crippen LogP contribution is 2.25. The Bertz CT molecular complexity index is 1220. The van der Waals surface area contributed by atoms with Crippen molar-refractivity contribution in [2.24, 2.45) is 0 Å². The van der Waals surface area contributed by atoms with Crippen LogP contribution in [-0.4, -0.2) is 17.2 Å². The van der Waals surface area contributed by atoms with E-state index in [-0.39, 0.29) is 11.7 Å². The van der Waals surface area contributed by atoms with Gasteiger partial charge in [-0.1, -0.05) is 30.3 Å². The van der Waals surface area contributed by atoms with Gasteiger partial charge in [0.2, 0.25) is 0 Å². The molecule has 1 aromatic heterocycles. The summed E-state index contributed by atoms with van der Waals surface area (Å²) in [6.07, 6.45) is 2.27. The highest BCUT2D eigenvalue weighted by Gasteiger charge is 2.11. The second-order valence-electron chi connectivity index (χ2n) is 6.73. The van der Waals surface area contributed by atoms with Crippen molar-refractivity contribution in [3.8, 4) is 11.1 Å². The van der Waals surface area contributed by atoms with Gasteiger partial charge in [0.15, 0.2) is 6.29 Å². The van der Waals surface area contributed by atoms with Gasteiger partial charge in [-0.2, -0.15) is 0 Å². The molecule has 0 saturated carbocycles. The lowest BCUT2D eigenvalue weighted by molar-refractivity contribution is 0.102. The molecule has 29 heavy (non-hydrogen) atoms. The average Bonchev–Trinajstić information content (AvgIpc) is 2.76. The highest BCUT2D eigenvalue weighted by molar-refractivity contribution is 6.06. The van der Waals surface area contributed by atoms with E-state index in [9.17, 15) is 14.0 Å². The third-order valence-corrected chi connectivity index (χ3v) is 4.84. The molecule has 3 aromatic carbocycles. The van der Waals surface area contributed by atoms with Gasteiger partial charge in [0.1, 0.15) is 5.82 Å². The molecule has 0 spiro atoms. The second kappa shape index (κ2) is 7.64. The number of benzene rings is 3. The SMILES string of the molecule is Cc1c(NC(=O)c2ccc(-c3ccc(F)cc3)cc2)ccc2cc(C=O)cnc12. The molecule has 0 aliphatic heterocycles. The Morgan fingerprint density at radius 1 is 0.966 bits per heavy atom. The molecule has 0 saturated heterocycles. The summed E-state index contributed by atoms with van der Waals surface area (Å²) in [5.41, 5.74) is 5.03. The van der Waals surface area contributed by atoms with E-state index in [1.54, 1.807) is 36.4 Å². The van der Waals surface area contributed by atoms with Crippen LogP contribution >= 0.6 is 0 Å². The first-order valence-corrected chi connectivity index (χ1v) is 9.07. The van der Waals surface area contributed by atoms with Crippen LogP contribution in [-0.2, 0) is 0 Å². The van der Waals surface area contributed by atoms with Crippen molar-refractivity contribution < 1.29 is 14.0 Å². The fourth-order valence-electron chi connectivity index (χ4n) is 3.22. The molecule has 0 radical (unpaired) electrons. The summed E-state index contributed by atoms with van der Waals surface area (Å²) in [6.45, 7) is 1.88. The van der Waals surface area contributed by atoms with Gasteiger partial charge in [-0.05, 0) is 60.0 Å². The Morgan fingerprint density at radius 3 is 2.28 bits per heavy atom. The molecule has 0 fully saturated rings. The number of aldehydes is 1. The molecule has 4 rings (SSSR count). The van der Waals surface area contributed by atoms with E-state index in [0.29, 0.717) is 16.8 Å². The smallest absolute Gasteiger partial charge is 0.255 e. The van der Waals surface area contributed by atoms with Crippen LogP contribution < -0.4 is 5.32 Å². The zero-order chi connectivity index (χ0) is 20.4. The number of pyridine rings is 1. The molecule has 5 heteroatoms. The number of aryl methyl sites for hydroxylation is 1. The van der Waals surface area contributed by atoms with Crippen molar-refractivity contribution in [3.63, 3.8) is 0 Å². The first-order valence-electron chi connectivity index (χ1n) is 9.07. The Kier molecular flexibility index (Phi) is 4.87.